The summed E-state index contributed by atoms with van der Waals surface area (Å²) in [6.45, 7) is 6.37. The van der Waals surface area contributed by atoms with Gasteiger partial charge in [0.05, 0.1) is 0 Å². The van der Waals surface area contributed by atoms with Crippen molar-refractivity contribution < 1.29 is 0 Å². The molecule has 1 aromatic carbocycles. The van der Waals surface area contributed by atoms with Gasteiger partial charge in [0.25, 0.3) is 0 Å². The van der Waals surface area contributed by atoms with Gasteiger partial charge in [-0.1, -0.05) is 24.8 Å². The molecule has 1 rings (SSSR count). The van der Waals surface area contributed by atoms with Crippen LogP contribution in [0.25, 0.3) is 0 Å². The molecule has 13 heavy (non-hydrogen) atoms. The van der Waals surface area contributed by atoms with Gasteiger partial charge in [-0.2, -0.15) is 0 Å². The topological polar surface area (TPSA) is 0 Å². The summed E-state index contributed by atoms with van der Waals surface area (Å²) in [6, 6.07) is 6.44. The SMILES string of the molecule is CCCC#Cc1cc(C)cc(C)c1. The molecule has 0 fully saturated rings. The first kappa shape index (κ1) is 9.86. The largest absolute Gasteiger partial charge is 0.0979 e. The predicted octanol–water partition coefficient (Wildman–Crippen LogP) is 3.46. The number of hydrogen-bond acceptors (Lipinski definition) is 0. The summed E-state index contributed by atoms with van der Waals surface area (Å²) in [5.41, 5.74) is 3.73. The molecule has 0 heteroatoms. The van der Waals surface area contributed by atoms with Crippen molar-refractivity contribution in [1.29, 1.82) is 0 Å². The van der Waals surface area contributed by atoms with Crippen LogP contribution >= 0.6 is 0 Å². The van der Waals surface area contributed by atoms with Crippen molar-refractivity contribution in [2.75, 3.05) is 0 Å². The zero-order valence-corrected chi connectivity index (χ0v) is 8.65. The Morgan fingerprint density at radius 3 is 2.23 bits per heavy atom. The molecule has 0 radical (unpaired) electrons. The third-order valence-corrected chi connectivity index (χ3v) is 1.83. The van der Waals surface area contributed by atoms with Crippen LogP contribution in [0.1, 0.15) is 36.5 Å². The van der Waals surface area contributed by atoms with Gasteiger partial charge in [0.2, 0.25) is 0 Å². The van der Waals surface area contributed by atoms with Crippen LogP contribution in [-0.4, -0.2) is 0 Å². The van der Waals surface area contributed by atoms with E-state index in [-0.39, 0.29) is 0 Å². The van der Waals surface area contributed by atoms with Gasteiger partial charge in [-0.25, -0.2) is 0 Å². The Balaban J connectivity index is 2.85. The Morgan fingerprint density at radius 1 is 1.08 bits per heavy atom. The molecule has 0 aromatic heterocycles. The molecule has 1 aromatic rings. The Hall–Kier alpha value is -1.22. The van der Waals surface area contributed by atoms with Crippen LogP contribution in [0.3, 0.4) is 0 Å². The Kier molecular flexibility index (Phi) is 3.58. The van der Waals surface area contributed by atoms with Gasteiger partial charge in [-0.3, -0.25) is 0 Å². The van der Waals surface area contributed by atoms with E-state index in [9.17, 15) is 0 Å². The average molecular weight is 172 g/mol. The van der Waals surface area contributed by atoms with E-state index >= 15 is 0 Å². The van der Waals surface area contributed by atoms with E-state index in [1.165, 1.54) is 11.1 Å². The molecule has 0 saturated heterocycles. The molecule has 0 spiro atoms. The Bertz CT molecular complexity index is 317. The maximum absolute atomic E-state index is 3.18. The average Bonchev–Trinajstić information content (AvgIpc) is 2.03. The first-order valence-electron chi connectivity index (χ1n) is 4.79. The van der Waals surface area contributed by atoms with Crippen LogP contribution in [0.2, 0.25) is 0 Å². The molecular formula is C13H16. The van der Waals surface area contributed by atoms with E-state index in [1.807, 2.05) is 0 Å². The highest BCUT2D eigenvalue weighted by Crippen LogP contribution is 2.07. The van der Waals surface area contributed by atoms with Crippen molar-refractivity contribution in [3.8, 4) is 11.8 Å². The van der Waals surface area contributed by atoms with Crippen LogP contribution in [-0.2, 0) is 0 Å². The predicted molar refractivity (Wildman–Crippen MR) is 57.7 cm³/mol. The minimum absolute atomic E-state index is 0.993. The molecule has 0 nitrogen and oxygen atoms in total. The zero-order chi connectivity index (χ0) is 9.68. The first-order valence-corrected chi connectivity index (χ1v) is 4.79. The fraction of sp³-hybridized carbons (Fsp3) is 0.385. The standard InChI is InChI=1S/C13H16/c1-4-5-6-7-13-9-11(2)8-12(3)10-13/h8-10H,4-5H2,1-3H3. The van der Waals surface area contributed by atoms with E-state index in [4.69, 9.17) is 0 Å². The molecular weight excluding hydrogens is 156 g/mol. The fourth-order valence-corrected chi connectivity index (χ4v) is 1.34. The van der Waals surface area contributed by atoms with Gasteiger partial charge in [0, 0.05) is 12.0 Å². The number of hydrogen-bond donors (Lipinski definition) is 0. The summed E-state index contributed by atoms with van der Waals surface area (Å²) in [6.07, 6.45) is 2.13. The second-order valence-corrected chi connectivity index (χ2v) is 3.43. The minimum Gasteiger partial charge on any atom is -0.0979 e. The minimum atomic E-state index is 0.993. The lowest BCUT2D eigenvalue weighted by molar-refractivity contribution is 0.983. The van der Waals surface area contributed by atoms with Crippen molar-refractivity contribution >= 4 is 0 Å². The fourth-order valence-electron chi connectivity index (χ4n) is 1.34. The van der Waals surface area contributed by atoms with Gasteiger partial charge in [-0.05, 0) is 43.5 Å². The third-order valence-electron chi connectivity index (χ3n) is 1.83. The van der Waals surface area contributed by atoms with Crippen molar-refractivity contribution in [3.05, 3.63) is 34.9 Å². The second-order valence-electron chi connectivity index (χ2n) is 3.43. The van der Waals surface area contributed by atoms with E-state index in [1.54, 1.807) is 0 Å². The summed E-state index contributed by atoms with van der Waals surface area (Å²) < 4.78 is 0. The van der Waals surface area contributed by atoms with Crippen LogP contribution in [0, 0.1) is 25.7 Å². The normalized spacial score (nSPS) is 9.15. The molecule has 68 valence electrons. The van der Waals surface area contributed by atoms with Gasteiger partial charge < -0.3 is 0 Å². The number of rotatable bonds is 1. The maximum Gasteiger partial charge on any atom is 0.0250 e. The van der Waals surface area contributed by atoms with E-state index in [0.717, 1.165) is 18.4 Å². The molecule has 0 aliphatic heterocycles. The van der Waals surface area contributed by atoms with E-state index < -0.39 is 0 Å². The lowest BCUT2D eigenvalue weighted by Crippen LogP contribution is -1.80. The van der Waals surface area contributed by atoms with Crippen molar-refractivity contribution in [2.24, 2.45) is 0 Å². The highest BCUT2D eigenvalue weighted by atomic mass is 13.9. The molecule has 0 aliphatic carbocycles. The van der Waals surface area contributed by atoms with Gasteiger partial charge in [0.15, 0.2) is 0 Å². The zero-order valence-electron chi connectivity index (χ0n) is 8.65. The summed E-state index contributed by atoms with van der Waals surface area (Å²) in [4.78, 5) is 0. The molecule has 0 aliphatic rings. The monoisotopic (exact) mass is 172 g/mol. The number of aryl methyl sites for hydroxylation is 2. The Morgan fingerprint density at radius 2 is 1.69 bits per heavy atom. The van der Waals surface area contributed by atoms with E-state index in [2.05, 4.69) is 50.8 Å². The molecule has 0 heterocycles. The van der Waals surface area contributed by atoms with Gasteiger partial charge >= 0.3 is 0 Å². The van der Waals surface area contributed by atoms with Crippen LogP contribution in [0.4, 0.5) is 0 Å². The maximum atomic E-state index is 3.18. The van der Waals surface area contributed by atoms with Crippen LogP contribution in [0.5, 0.6) is 0 Å². The third kappa shape index (κ3) is 3.34. The summed E-state index contributed by atoms with van der Waals surface area (Å²) in [5, 5.41) is 0. The molecule has 0 N–H and O–H groups in total. The number of benzene rings is 1. The quantitative estimate of drug-likeness (QED) is 0.569. The molecule has 0 amide bonds. The second kappa shape index (κ2) is 4.72. The van der Waals surface area contributed by atoms with Crippen molar-refractivity contribution in [1.82, 2.24) is 0 Å². The highest BCUT2D eigenvalue weighted by Gasteiger charge is 1.90. The molecule has 0 atom stereocenters. The highest BCUT2D eigenvalue weighted by molar-refractivity contribution is 5.39. The van der Waals surface area contributed by atoms with Gasteiger partial charge in [-0.15, -0.1) is 0 Å². The summed E-state index contributed by atoms with van der Waals surface area (Å²) in [7, 11) is 0. The van der Waals surface area contributed by atoms with Crippen LogP contribution in [0.15, 0.2) is 18.2 Å². The summed E-state index contributed by atoms with van der Waals surface area (Å²) >= 11 is 0. The van der Waals surface area contributed by atoms with E-state index in [0.29, 0.717) is 0 Å². The first-order chi connectivity index (χ1) is 6.22. The summed E-state index contributed by atoms with van der Waals surface area (Å²) in [5.74, 6) is 6.33. The number of unbranched alkanes of at least 4 members (excludes halogenated alkanes) is 1. The van der Waals surface area contributed by atoms with Gasteiger partial charge in [0.1, 0.15) is 0 Å². The van der Waals surface area contributed by atoms with Crippen molar-refractivity contribution in [2.45, 2.75) is 33.6 Å². The van der Waals surface area contributed by atoms with Crippen LogP contribution < -0.4 is 0 Å². The Labute approximate surface area is 81.0 Å². The molecule has 0 unspecified atom stereocenters. The lowest BCUT2D eigenvalue weighted by atomic mass is 10.1. The molecule has 0 bridgehead atoms. The van der Waals surface area contributed by atoms with Crippen molar-refractivity contribution in [3.63, 3.8) is 0 Å². The molecule has 0 saturated carbocycles. The lowest BCUT2D eigenvalue weighted by Gasteiger charge is -1.97. The smallest absolute Gasteiger partial charge is 0.0250 e.